The summed E-state index contributed by atoms with van der Waals surface area (Å²) in [5, 5.41) is -0.0486. The van der Waals surface area contributed by atoms with Crippen molar-refractivity contribution in [3.05, 3.63) is 25.3 Å². The zero-order chi connectivity index (χ0) is 35.8. The first-order valence-electron chi connectivity index (χ1n) is 17.7. The fourth-order valence-electron chi connectivity index (χ4n) is 4.89. The highest BCUT2D eigenvalue weighted by Crippen LogP contribution is 2.54. The lowest BCUT2D eigenvalue weighted by Crippen LogP contribution is -2.46. The molecule has 0 N–H and O–H groups in total. The van der Waals surface area contributed by atoms with Gasteiger partial charge in [-0.1, -0.05) is 32.9 Å². The van der Waals surface area contributed by atoms with Crippen LogP contribution in [0.3, 0.4) is 0 Å². The van der Waals surface area contributed by atoms with Crippen molar-refractivity contribution in [2.24, 2.45) is 0 Å². The third-order valence-electron chi connectivity index (χ3n) is 8.44. The van der Waals surface area contributed by atoms with Crippen LogP contribution in [0.25, 0.3) is 0 Å². The van der Waals surface area contributed by atoms with Crippen LogP contribution in [0.2, 0.25) is 18.1 Å². The summed E-state index contributed by atoms with van der Waals surface area (Å²) >= 11 is 0. The van der Waals surface area contributed by atoms with Crippen LogP contribution in [0.4, 0.5) is 0 Å². The molecular weight excluding hydrogens is 638 g/mol. The maximum Gasteiger partial charge on any atom is 0.334 e. The van der Waals surface area contributed by atoms with E-state index in [0.717, 1.165) is 0 Å². The first-order chi connectivity index (χ1) is 22.4. The van der Waals surface area contributed by atoms with E-state index >= 15 is 0 Å². The molecule has 0 aliphatic carbocycles. The van der Waals surface area contributed by atoms with Crippen LogP contribution in [0.1, 0.15) is 64.4 Å². The summed E-state index contributed by atoms with van der Waals surface area (Å²) in [5.41, 5.74) is 0. The van der Waals surface area contributed by atoms with Gasteiger partial charge in [0.25, 0.3) is 0 Å². The molecule has 0 aromatic carbocycles. The van der Waals surface area contributed by atoms with E-state index in [4.69, 9.17) is 45.6 Å². The summed E-state index contributed by atoms with van der Waals surface area (Å²) in [6.45, 7) is 18.4. The van der Waals surface area contributed by atoms with Gasteiger partial charge in [0.05, 0.1) is 65.4 Å². The number of hydrogen-bond donors (Lipinski definition) is 0. The van der Waals surface area contributed by atoms with Crippen LogP contribution in [-0.4, -0.2) is 103 Å². The summed E-state index contributed by atoms with van der Waals surface area (Å²) in [6.07, 6.45) is 0.312. The van der Waals surface area contributed by atoms with Gasteiger partial charge in [-0.15, -0.1) is 13.2 Å². The van der Waals surface area contributed by atoms with E-state index in [2.05, 4.69) is 47.0 Å². The molecule has 0 amide bonds. The topological polar surface area (TPSA) is 117 Å². The normalized spacial score (nSPS) is 36.1. The maximum atomic E-state index is 14.1. The van der Waals surface area contributed by atoms with E-state index in [1.807, 2.05) is 6.92 Å². The summed E-state index contributed by atoms with van der Waals surface area (Å²) in [6, 6.07) is 0. The molecule has 3 rings (SSSR count). The molecule has 0 bridgehead atoms. The first kappa shape index (κ1) is 34.7. The smallest absolute Gasteiger partial charge is 0.334 e. The lowest BCUT2D eigenvalue weighted by Gasteiger charge is -2.39. The summed E-state index contributed by atoms with van der Waals surface area (Å²) < 4.78 is 106. The molecular formula is C31H58O11P2Si. The molecule has 3 heterocycles. The Morgan fingerprint density at radius 3 is 2.24 bits per heavy atom. The highest BCUT2D eigenvalue weighted by molar-refractivity contribution is 7.54. The van der Waals surface area contributed by atoms with Crippen molar-refractivity contribution in [1.29, 1.82) is 0 Å². The van der Waals surface area contributed by atoms with E-state index in [0.29, 0.717) is 32.5 Å². The van der Waals surface area contributed by atoms with Crippen LogP contribution in [0.15, 0.2) is 25.3 Å². The predicted octanol–water partition coefficient (Wildman–Crippen LogP) is 7.12. The largest absolute Gasteiger partial charge is 0.411 e. The Morgan fingerprint density at radius 2 is 1.62 bits per heavy atom. The zero-order valence-corrected chi connectivity index (χ0v) is 30.7. The second-order valence-electron chi connectivity index (χ2n) is 13.3. The molecule has 3 saturated heterocycles. The van der Waals surface area contributed by atoms with Gasteiger partial charge in [0, 0.05) is 34.0 Å². The molecule has 3 fully saturated rings. The van der Waals surface area contributed by atoms with E-state index in [1.54, 1.807) is 6.08 Å². The molecule has 3 aliphatic heterocycles. The Balaban J connectivity index is 1.68. The lowest BCUT2D eigenvalue weighted by molar-refractivity contribution is -0.00851. The average Bonchev–Trinajstić information content (AvgIpc) is 3.64. The lowest BCUT2D eigenvalue weighted by atomic mass is 10.2. The molecule has 0 aromatic heterocycles. The van der Waals surface area contributed by atoms with Gasteiger partial charge in [0.2, 0.25) is 0 Å². The number of ether oxygens (including phenoxy) is 4. The molecule has 0 radical (unpaired) electrons. The van der Waals surface area contributed by atoms with Gasteiger partial charge in [-0.2, -0.15) is 0 Å². The molecule has 0 aromatic rings. The first-order valence-corrected chi connectivity index (χ1v) is 22.2. The van der Waals surface area contributed by atoms with Crippen molar-refractivity contribution in [1.82, 2.24) is 0 Å². The van der Waals surface area contributed by atoms with Crippen LogP contribution in [-0.2, 0) is 50.6 Å². The van der Waals surface area contributed by atoms with Crippen LogP contribution >= 0.6 is 15.2 Å². The van der Waals surface area contributed by atoms with E-state index in [1.165, 1.54) is 6.08 Å². The molecule has 0 spiro atoms. The van der Waals surface area contributed by atoms with Gasteiger partial charge < -0.3 is 41.5 Å². The third-order valence-corrected chi connectivity index (χ3v) is 16.8. The Hall–Kier alpha value is -0.203. The predicted molar refractivity (Wildman–Crippen MR) is 178 cm³/mol. The van der Waals surface area contributed by atoms with Crippen molar-refractivity contribution >= 4 is 23.5 Å². The van der Waals surface area contributed by atoms with Gasteiger partial charge in [0.15, 0.2) is 8.32 Å². The van der Waals surface area contributed by atoms with Crippen molar-refractivity contribution in [3.8, 4) is 0 Å². The van der Waals surface area contributed by atoms with Crippen molar-refractivity contribution < 1.29 is 54.7 Å². The van der Waals surface area contributed by atoms with Gasteiger partial charge in [0.1, 0.15) is 12.2 Å². The van der Waals surface area contributed by atoms with Crippen molar-refractivity contribution in [2.45, 2.75) is 121 Å². The monoisotopic (exact) mass is 701 g/mol. The highest BCUT2D eigenvalue weighted by Gasteiger charge is 2.44. The standard InChI is InChI=1S/C31H58O11P2Si/c1-10-15-34-16-12-20-44(33,41-28-21-24(3)39-25(28)4)38-22-29-26(13-17-35-29)40-43(32,19-11-2)37-23-30-27(14-18-36-30)42-45(8,9)31(5,6)7/h10-11,24-30H,1-2,12-23H2,3-9H3/t24-,25+,26+,27+,28+,29+,30+,43+,44+/m0/s1/i4D,17T,18T/t17-,18-,24-,25+,26+,27+,28+,29+,30+,43+,44+. The minimum absolute atomic E-state index is 0.0459. The molecule has 11 atom stereocenters. The third kappa shape index (κ3) is 12.0. The Bertz CT molecular complexity index is 1130. The van der Waals surface area contributed by atoms with Gasteiger partial charge in [-0.05, 0) is 44.8 Å². The van der Waals surface area contributed by atoms with Crippen molar-refractivity contribution in [3.63, 3.8) is 0 Å². The molecule has 45 heavy (non-hydrogen) atoms. The van der Waals surface area contributed by atoms with E-state index < -0.39 is 73.3 Å². The SMILES string of the molecule is [2H]C[C@H]1O[C@@H](C)C[C@H]1O[P@@](=O)(CCCOCC=C)OC[C@H]1O[C@@H]([3H])C[C@H]1O[P@@](=O)(CC=C)OC[C@H]1O[C@@H]([3H])C[C@H]1O[Si](C)(C)C(C)(C)C. The summed E-state index contributed by atoms with van der Waals surface area (Å²) in [5.74, 6) is 0. The molecule has 0 unspecified atom stereocenters. The second-order valence-corrected chi connectivity index (χ2v) is 22.3. The minimum Gasteiger partial charge on any atom is -0.411 e. The number of hydrogen-bond acceptors (Lipinski definition) is 11. The van der Waals surface area contributed by atoms with E-state index in [9.17, 15) is 9.13 Å². The second kappa shape index (κ2) is 17.5. The number of rotatable bonds is 20. The molecule has 262 valence electrons. The molecule has 11 nitrogen and oxygen atoms in total. The molecule has 0 saturated carbocycles. The Morgan fingerprint density at radius 1 is 1.00 bits per heavy atom. The quantitative estimate of drug-likeness (QED) is 0.0559. The van der Waals surface area contributed by atoms with Gasteiger partial charge >= 0.3 is 15.2 Å². The Kier molecular flexibility index (Phi) is 13.4. The van der Waals surface area contributed by atoms with Crippen LogP contribution in [0.5, 0.6) is 0 Å². The highest BCUT2D eigenvalue weighted by atomic mass is 31.2. The zero-order valence-electron chi connectivity index (χ0n) is 30.9. The fraction of sp³-hybridized carbons (Fsp3) is 0.871. The van der Waals surface area contributed by atoms with Crippen LogP contribution < -0.4 is 0 Å². The molecule has 3 aliphatic rings. The van der Waals surface area contributed by atoms with Crippen molar-refractivity contribution in [2.75, 3.05) is 51.9 Å². The summed E-state index contributed by atoms with van der Waals surface area (Å²) in [4.78, 5) is 0. The molecule has 14 heteroatoms. The maximum absolute atomic E-state index is 14.1. The minimum atomic E-state index is -3.84. The number of allylic oxidation sites excluding steroid dienone is 1. The van der Waals surface area contributed by atoms with Gasteiger partial charge in [-0.3, -0.25) is 9.13 Å². The van der Waals surface area contributed by atoms with Gasteiger partial charge in [-0.25, -0.2) is 0 Å². The fourth-order valence-corrected chi connectivity index (χ4v) is 9.64. The summed E-state index contributed by atoms with van der Waals surface area (Å²) in [7, 11) is -9.78. The Labute approximate surface area is 276 Å². The van der Waals surface area contributed by atoms with Crippen LogP contribution in [0, 0.1) is 0 Å². The average molecular weight is 702 g/mol. The van der Waals surface area contributed by atoms with E-state index in [-0.39, 0.29) is 50.0 Å².